The number of anilines is 8. The van der Waals surface area contributed by atoms with Crippen molar-refractivity contribution in [3.63, 3.8) is 0 Å². The van der Waals surface area contributed by atoms with Gasteiger partial charge in [-0.05, 0) is 260 Å². The zero-order valence-electron chi connectivity index (χ0n) is 73.5. The average molecular weight is 2270 g/mol. The minimum Gasteiger partial charge on any atom is -0.497 e. The van der Waals surface area contributed by atoms with E-state index < -0.39 is 47.8 Å². The number of aromatic nitrogens is 3. The number of carbonyl (C=O) groups is 2. The smallest absolute Gasteiger partial charge is 0.490 e. The molecule has 0 aliphatic carbocycles. The third-order valence-corrected chi connectivity index (χ3v) is 32.1. The number of alkyl halides is 3. The molecule has 0 atom stereocenters. The van der Waals surface area contributed by atoms with Crippen molar-refractivity contribution in [3.05, 3.63) is 254 Å². The van der Waals surface area contributed by atoms with Crippen LogP contribution < -0.4 is 57.5 Å². The van der Waals surface area contributed by atoms with Crippen LogP contribution in [0.2, 0.25) is 15.1 Å². The number of hydrogen-bond acceptors (Lipinski definition) is 26. The van der Waals surface area contributed by atoms with E-state index in [4.69, 9.17) is 82.4 Å². The van der Waals surface area contributed by atoms with Gasteiger partial charge in [-0.25, -0.2) is 58.4 Å². The van der Waals surface area contributed by atoms with Gasteiger partial charge in [0.15, 0.2) is 15.4 Å². The SMILES string of the molecule is C.CC(C)(C)OC(=O)N1CC=C(B2OC(C)(C)C(C)(C)O2)CC1.COc1ccc(CN(c2nccs2)S(=O)(=O)c2ccc3c(c2)OCCN3)cc1.COc1ccc(CN(c2nccs2)S(=O)(=O)c2ccc3c(c2)OCCN3c2ccc(Cl)cc2Br)cc1.Clc1ccc(I)c(Br)c1.O=C(O)C(F)(F)F.O=S(=O)(Nc1nccs1)c1ccc2c(c1)OCCN2c1ccc(Cl)cc1C1=CCNCC1. The molecule has 720 valence electrons. The van der Waals surface area contributed by atoms with Crippen molar-refractivity contribution in [1.82, 2.24) is 25.2 Å². The highest BCUT2D eigenvalue weighted by Crippen LogP contribution is 2.47. The fourth-order valence-electron chi connectivity index (χ4n) is 13.6. The number of sulfonamides is 3. The van der Waals surface area contributed by atoms with Crippen LogP contribution >= 0.6 is 123 Å². The van der Waals surface area contributed by atoms with E-state index in [1.165, 1.54) is 51.8 Å². The second kappa shape index (κ2) is 46.5. The Kier molecular flexibility index (Phi) is 36.6. The second-order valence-corrected chi connectivity index (χ2v) is 44.1. The molecular weight excluding hydrogens is 2170 g/mol. The summed E-state index contributed by atoms with van der Waals surface area (Å²) in [7, 11) is -8.67. The predicted octanol–water partition coefficient (Wildman–Crippen LogP) is 22.5. The Hall–Kier alpha value is -9.19. The fourth-order valence-corrected chi connectivity index (χ4v) is 22.1. The van der Waals surface area contributed by atoms with Gasteiger partial charge in [0.25, 0.3) is 30.1 Å². The van der Waals surface area contributed by atoms with Crippen LogP contribution in [0.5, 0.6) is 28.7 Å². The van der Waals surface area contributed by atoms with Crippen LogP contribution in [0.25, 0.3) is 5.57 Å². The number of ether oxygens (including phenoxy) is 6. The molecule has 28 nitrogen and oxygen atoms in total. The van der Waals surface area contributed by atoms with E-state index in [-0.39, 0.29) is 59.6 Å². The zero-order valence-corrected chi connectivity index (χ0v) is 86.0. The first-order valence-electron chi connectivity index (χ1n) is 41.2. The lowest BCUT2D eigenvalue weighted by atomic mass is 9.75. The number of hydrogen-bond donors (Lipinski definition) is 4. The van der Waals surface area contributed by atoms with E-state index in [9.17, 15) is 43.2 Å². The highest BCUT2D eigenvalue weighted by Gasteiger charge is 2.53. The van der Waals surface area contributed by atoms with E-state index in [1.807, 2.05) is 133 Å². The van der Waals surface area contributed by atoms with Crippen molar-refractivity contribution in [2.75, 3.05) is 108 Å². The first-order valence-corrected chi connectivity index (χ1v) is 52.0. The molecule has 0 unspecified atom stereocenters. The highest BCUT2D eigenvalue weighted by atomic mass is 127. The first kappa shape index (κ1) is 106. The molecule has 44 heteroatoms. The molecule has 0 spiro atoms. The third-order valence-electron chi connectivity index (χ3n) is 21.0. The molecule has 11 aromatic rings. The summed E-state index contributed by atoms with van der Waals surface area (Å²) in [6, 6.07) is 46.6. The molecule has 9 heterocycles. The number of aliphatic carboxylic acids is 1. The van der Waals surface area contributed by atoms with Gasteiger partial charge in [0.1, 0.15) is 54.2 Å². The Labute approximate surface area is 841 Å². The van der Waals surface area contributed by atoms with Crippen LogP contribution in [0.15, 0.2) is 234 Å². The van der Waals surface area contributed by atoms with E-state index >= 15 is 0 Å². The maximum Gasteiger partial charge on any atom is 0.490 e. The summed E-state index contributed by atoms with van der Waals surface area (Å²) in [4.78, 5) is 39.8. The molecule has 1 fully saturated rings. The largest absolute Gasteiger partial charge is 0.497 e. The number of amides is 1. The number of halogens is 9. The van der Waals surface area contributed by atoms with E-state index in [2.05, 4.69) is 101 Å². The molecule has 4 N–H and O–H groups in total. The quantitative estimate of drug-likeness (QED) is 0.0332. The number of carboxylic acids is 1. The average Bonchev–Trinajstić information content (AvgIpc) is 1.69. The summed E-state index contributed by atoms with van der Waals surface area (Å²) in [5, 5.41) is 22.1. The fraction of sp³-hybridized carbons (Fsp3) is 0.308. The summed E-state index contributed by atoms with van der Waals surface area (Å²) >= 11 is 31.1. The Balaban J connectivity index is 0.000000165. The lowest BCUT2D eigenvalue weighted by Crippen LogP contribution is -2.41. The van der Waals surface area contributed by atoms with Crippen molar-refractivity contribution < 1.29 is 90.9 Å². The number of nitrogens with zero attached hydrogens (tertiary/aromatic N) is 8. The topological polar surface area (TPSA) is 322 Å². The van der Waals surface area contributed by atoms with Crippen molar-refractivity contribution in [2.45, 2.75) is 119 Å². The normalized spacial score (nSPS) is 15.2. The Morgan fingerprint density at radius 2 is 1.08 bits per heavy atom. The molecule has 0 bridgehead atoms. The highest BCUT2D eigenvalue weighted by molar-refractivity contribution is 14.1. The Morgan fingerprint density at radius 3 is 1.56 bits per heavy atom. The molecule has 135 heavy (non-hydrogen) atoms. The number of carbonyl (C=O) groups excluding carboxylic acids is 1. The number of benzene rings is 8. The number of rotatable bonds is 19. The molecule has 3 aromatic heterocycles. The molecule has 1 saturated heterocycles. The first-order chi connectivity index (χ1) is 63.5. The molecule has 1 amide bonds. The van der Waals surface area contributed by atoms with Gasteiger partial charge in [0.05, 0.1) is 89.0 Å². The molecule has 0 saturated carbocycles. The zero-order chi connectivity index (χ0) is 96.7. The number of carboxylic acid groups (broad SMARTS) is 1. The standard InChI is InChI=1S/C25H21BrClN3O4S2.C22H21ClN4O3S2.C19H19N3O4S2.C16H28BNO4.C6H3BrClI.C2HF3O2.CH4/c1-33-19-5-2-17(3-6-19)16-30(25-28-10-13-35-25)36(31,32)20-7-9-23-24(15-20)34-12-11-29(23)22-8-4-18(27)14-21(22)26;23-16-1-3-19(18(13-16)15-5-7-24-8-6-15)27-10-11-30-21-14-17(2-4-20(21)27)32(28,29)26-22-25-9-12-31-22;1-25-15-4-2-14(3-5-15)13-22(19-21-9-11-27-19)28(23,24)16-6-7-17-18(12-16)26-10-8-20-17;1-14(2,3)20-13(19)18-10-8-12(9-11-18)17-21-15(4,5)16(6,7)22-17;7-5-3-4(8)1-2-6(5)9;3-2(4,5)1(6)7;/h2-10,13-15H,11-12,16H2,1H3;1-5,9,12-14,24H,6-8,10-11H2,(H,25,26);2-7,9,11-12,20H,8,10,13H2,1H3;8H,9-11H2,1-7H3;1-3H;(H,6,7);1H4. The molecule has 8 aromatic carbocycles. The van der Waals surface area contributed by atoms with Gasteiger partial charge in [-0.3, -0.25) is 4.72 Å². The lowest BCUT2D eigenvalue weighted by Gasteiger charge is -2.33. The van der Waals surface area contributed by atoms with Crippen LogP contribution in [-0.4, -0.2) is 172 Å². The van der Waals surface area contributed by atoms with Gasteiger partial charge < -0.3 is 68.2 Å². The van der Waals surface area contributed by atoms with Crippen LogP contribution in [0.4, 0.5) is 61.8 Å². The maximum absolute atomic E-state index is 13.9. The predicted molar refractivity (Wildman–Crippen MR) is 543 cm³/mol. The third kappa shape index (κ3) is 27.9. The Bertz CT molecular complexity index is 6360. The van der Waals surface area contributed by atoms with Crippen molar-refractivity contribution in [3.8, 4) is 28.7 Å². The van der Waals surface area contributed by atoms with E-state index in [0.717, 1.165) is 90.5 Å². The number of methoxy groups -OCH3 is 2. The van der Waals surface area contributed by atoms with E-state index in [0.29, 0.717) is 107 Å². The minimum atomic E-state index is -5.08. The summed E-state index contributed by atoms with van der Waals surface area (Å²) in [6.07, 6.45) is 5.27. The molecule has 6 aliphatic rings. The lowest BCUT2D eigenvalue weighted by molar-refractivity contribution is -0.192. The molecule has 0 radical (unpaired) electrons. The summed E-state index contributed by atoms with van der Waals surface area (Å²) in [5.41, 5.74) is 8.30. The van der Waals surface area contributed by atoms with Crippen molar-refractivity contribution in [1.29, 1.82) is 0 Å². The number of nitrogens with one attached hydrogen (secondary N) is 3. The summed E-state index contributed by atoms with van der Waals surface area (Å²) in [6.45, 7) is 20.3. The van der Waals surface area contributed by atoms with Gasteiger partial charge in [-0.1, -0.05) is 78.6 Å². The monoisotopic (exact) mass is 2270 g/mol. The van der Waals surface area contributed by atoms with Crippen LogP contribution in [0.1, 0.15) is 85.4 Å². The molecular formula is C91H97BBr2Cl3F3IN11O17S6. The van der Waals surface area contributed by atoms with Gasteiger partial charge in [0.2, 0.25) is 0 Å². The maximum atomic E-state index is 13.9. The van der Waals surface area contributed by atoms with Gasteiger partial charge in [0, 0.05) is 118 Å². The van der Waals surface area contributed by atoms with E-state index in [1.54, 1.807) is 133 Å². The van der Waals surface area contributed by atoms with Crippen LogP contribution in [0.3, 0.4) is 0 Å². The van der Waals surface area contributed by atoms with Gasteiger partial charge in [-0.2, -0.15) is 13.2 Å². The molecule has 17 rings (SSSR count). The summed E-state index contributed by atoms with van der Waals surface area (Å²) < 4.78 is 165. The van der Waals surface area contributed by atoms with Crippen LogP contribution in [-0.2, 0) is 62.0 Å². The molecule has 6 aliphatic heterocycles. The van der Waals surface area contributed by atoms with Gasteiger partial charge in [-0.15, -0.1) is 34.0 Å². The minimum absolute atomic E-state index is 0. The van der Waals surface area contributed by atoms with Crippen molar-refractivity contribution >= 4 is 222 Å². The van der Waals surface area contributed by atoms with Crippen LogP contribution in [0, 0.1) is 3.57 Å². The van der Waals surface area contributed by atoms with Crippen molar-refractivity contribution in [2.24, 2.45) is 0 Å². The number of fused-ring (bicyclic) bond motifs is 3. The summed E-state index contributed by atoms with van der Waals surface area (Å²) in [5.74, 6) is 0.215. The second-order valence-electron chi connectivity index (χ2n) is 31.8. The Morgan fingerprint density at radius 1 is 0.600 bits per heavy atom. The van der Waals surface area contributed by atoms with Gasteiger partial charge >= 0.3 is 25.4 Å². The number of thiazole rings is 3.